The molecule has 1 heterocycles. The molecule has 1 saturated carbocycles. The van der Waals surface area contributed by atoms with E-state index in [-0.39, 0.29) is 17.4 Å². The Labute approximate surface area is 97.9 Å². The minimum absolute atomic E-state index is 0.0506. The van der Waals surface area contributed by atoms with Crippen LogP contribution in [0.25, 0.3) is 0 Å². The second-order valence-electron chi connectivity index (χ2n) is 6.11. The van der Waals surface area contributed by atoms with E-state index in [0.29, 0.717) is 4.59 Å². The Morgan fingerprint density at radius 2 is 1.94 bits per heavy atom. The quantitative estimate of drug-likeness (QED) is 0.545. The highest BCUT2D eigenvalue weighted by molar-refractivity contribution is 5.05. The molecule has 3 unspecified atom stereocenters. The van der Waals surface area contributed by atoms with Crippen LogP contribution in [0.3, 0.4) is 0 Å². The summed E-state index contributed by atoms with van der Waals surface area (Å²) in [6.07, 6.45) is 4.58. The standard InChI is InChI=1S/C12H25N2O2/c1-14(13)8-11(6-7-16-2)4-3-5-12(11,9-14)10-15/h15H,3-10,13H2,1-2H3/q+1. The fraction of sp³-hybridized carbons (Fsp3) is 1.00. The number of hydrogen-bond acceptors (Lipinski definition) is 3. The molecule has 2 aliphatic rings. The van der Waals surface area contributed by atoms with Gasteiger partial charge in [0.1, 0.15) is 13.1 Å². The number of ether oxygens (including phenoxy) is 1. The summed E-state index contributed by atoms with van der Waals surface area (Å²) in [4.78, 5) is 0. The fourth-order valence-electron chi connectivity index (χ4n) is 4.29. The van der Waals surface area contributed by atoms with E-state index in [1.807, 2.05) is 0 Å². The minimum Gasteiger partial charge on any atom is -0.396 e. The normalized spacial score (nSPS) is 47.2. The summed E-state index contributed by atoms with van der Waals surface area (Å²) < 4.78 is 5.79. The van der Waals surface area contributed by atoms with Crippen molar-refractivity contribution in [2.45, 2.75) is 25.7 Å². The fourth-order valence-corrected chi connectivity index (χ4v) is 4.29. The topological polar surface area (TPSA) is 55.5 Å². The number of nitrogens with zero attached hydrogens (tertiary/aromatic N) is 1. The maximum Gasteiger partial charge on any atom is 0.104 e. The predicted molar refractivity (Wildman–Crippen MR) is 62.4 cm³/mol. The molecule has 0 spiro atoms. The molecule has 4 nitrogen and oxygen atoms in total. The van der Waals surface area contributed by atoms with Crippen LogP contribution in [0.15, 0.2) is 0 Å². The zero-order chi connectivity index (χ0) is 11.9. The van der Waals surface area contributed by atoms with Crippen molar-refractivity contribution in [1.82, 2.24) is 0 Å². The zero-order valence-electron chi connectivity index (χ0n) is 10.5. The van der Waals surface area contributed by atoms with Gasteiger partial charge in [0.15, 0.2) is 0 Å². The van der Waals surface area contributed by atoms with Crippen LogP contribution in [-0.2, 0) is 4.74 Å². The van der Waals surface area contributed by atoms with E-state index < -0.39 is 0 Å². The van der Waals surface area contributed by atoms with E-state index in [1.54, 1.807) is 7.11 Å². The van der Waals surface area contributed by atoms with Crippen molar-refractivity contribution < 1.29 is 14.4 Å². The van der Waals surface area contributed by atoms with Crippen molar-refractivity contribution in [2.75, 3.05) is 40.5 Å². The van der Waals surface area contributed by atoms with Gasteiger partial charge in [-0.1, -0.05) is 6.42 Å². The van der Waals surface area contributed by atoms with E-state index in [4.69, 9.17) is 10.6 Å². The van der Waals surface area contributed by atoms with E-state index in [1.165, 1.54) is 12.8 Å². The van der Waals surface area contributed by atoms with Crippen molar-refractivity contribution in [1.29, 1.82) is 0 Å². The van der Waals surface area contributed by atoms with Gasteiger partial charge in [-0.05, 0) is 19.3 Å². The highest BCUT2D eigenvalue weighted by Gasteiger charge is 2.65. The molecule has 1 aliphatic heterocycles. The van der Waals surface area contributed by atoms with Crippen LogP contribution >= 0.6 is 0 Å². The van der Waals surface area contributed by atoms with Gasteiger partial charge in [-0.15, -0.1) is 0 Å². The van der Waals surface area contributed by atoms with Gasteiger partial charge in [0, 0.05) is 19.1 Å². The Balaban J connectivity index is 2.24. The van der Waals surface area contributed by atoms with E-state index >= 15 is 0 Å². The molecule has 1 saturated heterocycles. The summed E-state index contributed by atoms with van der Waals surface area (Å²) in [7, 11) is 3.82. The first-order valence-electron chi connectivity index (χ1n) is 6.22. The maximum atomic E-state index is 9.82. The number of methoxy groups -OCH3 is 1. The number of fused-ring (bicyclic) bond motifs is 1. The Morgan fingerprint density at radius 1 is 1.31 bits per heavy atom. The molecule has 0 amide bonds. The number of hydrogen-bond donors (Lipinski definition) is 2. The summed E-state index contributed by atoms with van der Waals surface area (Å²) in [6.45, 7) is 2.95. The summed E-state index contributed by atoms with van der Waals surface area (Å²) in [5.41, 5.74) is 0.260. The van der Waals surface area contributed by atoms with Crippen molar-refractivity contribution in [3.63, 3.8) is 0 Å². The second-order valence-corrected chi connectivity index (χ2v) is 6.11. The van der Waals surface area contributed by atoms with Crippen LogP contribution in [-0.4, -0.2) is 50.2 Å². The Kier molecular flexibility index (Phi) is 3.03. The van der Waals surface area contributed by atoms with Crippen molar-refractivity contribution in [3.05, 3.63) is 0 Å². The molecule has 3 atom stereocenters. The Hall–Kier alpha value is -0.160. The van der Waals surface area contributed by atoms with Gasteiger partial charge in [-0.2, -0.15) is 5.84 Å². The number of aliphatic hydroxyl groups is 1. The number of likely N-dealkylation sites (tertiary alicyclic amines) is 1. The third-order valence-corrected chi connectivity index (χ3v) is 4.85. The number of quaternary nitrogens is 1. The van der Waals surface area contributed by atoms with Gasteiger partial charge in [0.25, 0.3) is 0 Å². The van der Waals surface area contributed by atoms with Crippen LogP contribution in [0.4, 0.5) is 0 Å². The molecule has 0 aromatic heterocycles. The molecular weight excluding hydrogens is 204 g/mol. The molecule has 0 aromatic rings. The third-order valence-electron chi connectivity index (χ3n) is 4.85. The van der Waals surface area contributed by atoms with Gasteiger partial charge in [-0.3, -0.25) is 0 Å². The Bertz CT molecular complexity index is 270. The lowest BCUT2D eigenvalue weighted by molar-refractivity contribution is -0.915. The zero-order valence-corrected chi connectivity index (χ0v) is 10.5. The molecular formula is C12H25N2O2+. The molecule has 0 aromatic carbocycles. The lowest BCUT2D eigenvalue weighted by Gasteiger charge is -2.34. The van der Waals surface area contributed by atoms with Crippen molar-refractivity contribution >= 4 is 0 Å². The van der Waals surface area contributed by atoms with Crippen LogP contribution in [0.5, 0.6) is 0 Å². The molecule has 4 heteroatoms. The number of aliphatic hydroxyl groups excluding tert-OH is 1. The number of rotatable bonds is 4. The van der Waals surface area contributed by atoms with Gasteiger partial charge in [0.05, 0.1) is 19.1 Å². The smallest absolute Gasteiger partial charge is 0.104 e. The van der Waals surface area contributed by atoms with Crippen LogP contribution in [0, 0.1) is 10.8 Å². The summed E-state index contributed by atoms with van der Waals surface area (Å²) in [5.74, 6) is 6.27. The highest BCUT2D eigenvalue weighted by Crippen LogP contribution is 2.60. The molecule has 0 radical (unpaired) electrons. The second kappa shape index (κ2) is 3.95. The van der Waals surface area contributed by atoms with Crippen molar-refractivity contribution in [2.24, 2.45) is 16.7 Å². The van der Waals surface area contributed by atoms with Crippen LogP contribution in [0.1, 0.15) is 25.7 Å². The maximum absolute atomic E-state index is 9.82. The lowest BCUT2D eigenvalue weighted by atomic mass is 9.67. The summed E-state index contributed by atoms with van der Waals surface area (Å²) in [6, 6.07) is 0. The third kappa shape index (κ3) is 1.68. The monoisotopic (exact) mass is 229 g/mol. The van der Waals surface area contributed by atoms with E-state index in [0.717, 1.165) is 32.5 Å². The lowest BCUT2D eigenvalue weighted by Crippen LogP contribution is -2.50. The minimum atomic E-state index is 0.0506. The summed E-state index contributed by atoms with van der Waals surface area (Å²) in [5, 5.41) is 9.82. The van der Waals surface area contributed by atoms with Crippen LogP contribution in [0.2, 0.25) is 0 Å². The SMILES string of the molecule is COCCC12CCCC1(CO)C[N+](C)(N)C2. The molecule has 2 rings (SSSR count). The first kappa shape index (κ1) is 12.3. The molecule has 1 aliphatic carbocycles. The van der Waals surface area contributed by atoms with Gasteiger partial charge in [0.2, 0.25) is 0 Å². The summed E-state index contributed by atoms with van der Waals surface area (Å²) >= 11 is 0. The molecule has 94 valence electrons. The Morgan fingerprint density at radius 3 is 2.56 bits per heavy atom. The number of nitrogens with two attached hydrogens (primary N) is 1. The van der Waals surface area contributed by atoms with Crippen LogP contribution < -0.4 is 5.84 Å². The van der Waals surface area contributed by atoms with E-state index in [2.05, 4.69) is 7.05 Å². The molecule has 0 bridgehead atoms. The predicted octanol–water partition coefficient (Wildman–Crippen LogP) is 0.506. The highest BCUT2D eigenvalue weighted by atomic mass is 16.5. The molecule has 16 heavy (non-hydrogen) atoms. The molecule has 2 fully saturated rings. The van der Waals surface area contributed by atoms with E-state index in [9.17, 15) is 5.11 Å². The molecule has 3 N–H and O–H groups in total. The first-order chi connectivity index (χ1) is 7.49. The van der Waals surface area contributed by atoms with Gasteiger partial charge in [-0.25, -0.2) is 4.59 Å². The van der Waals surface area contributed by atoms with Gasteiger partial charge >= 0.3 is 0 Å². The average Bonchev–Trinajstić information content (AvgIpc) is 2.63. The first-order valence-corrected chi connectivity index (χ1v) is 6.22. The van der Waals surface area contributed by atoms with Gasteiger partial charge < -0.3 is 9.84 Å². The van der Waals surface area contributed by atoms with Crippen molar-refractivity contribution in [3.8, 4) is 0 Å². The average molecular weight is 229 g/mol. The largest absolute Gasteiger partial charge is 0.396 e.